The lowest BCUT2D eigenvalue weighted by Gasteiger charge is -1.97. The van der Waals surface area contributed by atoms with Crippen molar-refractivity contribution in [3.8, 4) is 0 Å². The van der Waals surface area contributed by atoms with Gasteiger partial charge in [-0.25, -0.2) is 0 Å². The number of rotatable bonds is 0. The molecule has 46 valence electrons. The van der Waals surface area contributed by atoms with Crippen LogP contribution in [-0.4, -0.2) is 18.0 Å². The zero-order chi connectivity index (χ0) is 6.97. The van der Waals surface area contributed by atoms with E-state index in [0.29, 0.717) is 0 Å². The Hall–Kier alpha value is -0.695. The summed E-state index contributed by atoms with van der Waals surface area (Å²) < 4.78 is 1.64. The number of benzene rings is 1. The van der Waals surface area contributed by atoms with E-state index in [2.05, 4.69) is 6.07 Å². The standard InChI is InChI=1S/C7H5BNS/c8-9-5-10-7-4-2-1-3-6(7)9/h1-5H/q+1. The highest BCUT2D eigenvalue weighted by molar-refractivity contribution is 7.92. The average molecular weight is 146 g/mol. The van der Waals surface area contributed by atoms with Crippen LogP contribution in [0.3, 0.4) is 0 Å². The fourth-order valence-electron chi connectivity index (χ4n) is 0.940. The minimum absolute atomic E-state index is 1.09. The van der Waals surface area contributed by atoms with Crippen molar-refractivity contribution >= 4 is 31.0 Å². The summed E-state index contributed by atoms with van der Waals surface area (Å²) in [5.41, 5.74) is 2.98. The van der Waals surface area contributed by atoms with Gasteiger partial charge in [0.1, 0.15) is 0 Å². The minimum atomic E-state index is 1.09. The van der Waals surface area contributed by atoms with Crippen LogP contribution in [0, 0.1) is 0 Å². The van der Waals surface area contributed by atoms with Gasteiger partial charge in [0.05, 0.1) is 0 Å². The molecule has 2 rings (SSSR count). The van der Waals surface area contributed by atoms with Gasteiger partial charge in [0.2, 0.25) is 5.69 Å². The molecule has 1 nitrogen and oxygen atoms in total. The van der Waals surface area contributed by atoms with E-state index in [1.807, 2.05) is 23.7 Å². The van der Waals surface area contributed by atoms with E-state index >= 15 is 0 Å². The fourth-order valence-corrected chi connectivity index (χ4v) is 1.73. The molecule has 0 atom stereocenters. The number of hydrogen-bond acceptors (Lipinski definition) is 1. The normalized spacial score (nSPS) is 14.7. The van der Waals surface area contributed by atoms with Crippen LogP contribution >= 0.6 is 0 Å². The number of nitrogens with zero attached hydrogens (tertiary/aromatic N) is 1. The molecule has 10 heavy (non-hydrogen) atoms. The van der Waals surface area contributed by atoms with Crippen molar-refractivity contribution in [3.05, 3.63) is 24.3 Å². The van der Waals surface area contributed by atoms with Crippen molar-refractivity contribution in [2.75, 3.05) is 0 Å². The Morgan fingerprint density at radius 2 is 2.10 bits per heavy atom. The van der Waals surface area contributed by atoms with Gasteiger partial charge in [0.15, 0.2) is 0 Å². The molecule has 1 aliphatic heterocycles. The molecule has 0 spiro atoms. The van der Waals surface area contributed by atoms with Gasteiger partial charge in [-0.1, -0.05) is 12.1 Å². The van der Waals surface area contributed by atoms with Gasteiger partial charge in [0.25, 0.3) is 4.90 Å². The summed E-state index contributed by atoms with van der Waals surface area (Å²) in [6.45, 7) is 0. The van der Waals surface area contributed by atoms with E-state index in [1.165, 1.54) is 4.90 Å². The summed E-state index contributed by atoms with van der Waals surface area (Å²) >= 11 is 1.65. The van der Waals surface area contributed by atoms with Crippen LogP contribution in [0.25, 0.3) is 0 Å². The van der Waals surface area contributed by atoms with Crippen LogP contribution < -0.4 is 0 Å². The van der Waals surface area contributed by atoms with Crippen LogP contribution in [0.4, 0.5) is 5.69 Å². The highest BCUT2D eigenvalue weighted by atomic mass is 32.2. The van der Waals surface area contributed by atoms with Crippen molar-refractivity contribution in [2.24, 2.45) is 0 Å². The number of para-hydroxylation sites is 1. The highest BCUT2D eigenvalue weighted by Crippen LogP contribution is 2.22. The molecule has 4 radical (unpaired) electrons. The molecular weight excluding hydrogens is 141 g/mol. The molecule has 0 fully saturated rings. The van der Waals surface area contributed by atoms with Crippen molar-refractivity contribution in [2.45, 2.75) is 4.90 Å². The van der Waals surface area contributed by atoms with Gasteiger partial charge in [-0.2, -0.15) is 0 Å². The van der Waals surface area contributed by atoms with Crippen LogP contribution in [0.1, 0.15) is 0 Å². The molecule has 0 aromatic heterocycles. The molecule has 1 heterocycles. The largest absolute Gasteiger partial charge is 0.460 e. The van der Waals surface area contributed by atoms with E-state index < -0.39 is 0 Å². The Bertz CT molecular complexity index is 295. The molecule has 0 amide bonds. The Balaban J connectivity index is 2.61. The average Bonchev–Trinajstić information content (AvgIpc) is 2.34. The third-order valence-electron chi connectivity index (χ3n) is 1.44. The van der Waals surface area contributed by atoms with E-state index in [4.69, 9.17) is 7.98 Å². The lowest BCUT2D eigenvalue weighted by atomic mass is 10.2. The maximum absolute atomic E-state index is 5.60. The number of thioether (sulfide) groups is 1. The zero-order valence-corrected chi connectivity index (χ0v) is 6.14. The van der Waals surface area contributed by atoms with E-state index in [-0.39, 0.29) is 0 Å². The molecule has 0 saturated heterocycles. The molecule has 1 aromatic carbocycles. The summed E-state index contributed by atoms with van der Waals surface area (Å²) in [6, 6.07) is 8.06. The first-order valence-electron chi connectivity index (χ1n) is 3.01. The lowest BCUT2D eigenvalue weighted by molar-refractivity contribution is -0.258. The van der Waals surface area contributed by atoms with Crippen molar-refractivity contribution in [3.63, 3.8) is 0 Å². The van der Waals surface area contributed by atoms with Crippen LogP contribution in [0.15, 0.2) is 29.2 Å². The first-order valence-corrected chi connectivity index (χ1v) is 3.89. The third-order valence-corrected chi connectivity index (χ3v) is 2.37. The smallest absolute Gasteiger partial charge is 0.351 e. The quantitative estimate of drug-likeness (QED) is 0.388. The summed E-state index contributed by atoms with van der Waals surface area (Å²) in [7, 11) is 5.60. The molecular formula is C7H5BNS+. The summed E-state index contributed by atoms with van der Waals surface area (Å²) in [4.78, 5) is 1.23. The van der Waals surface area contributed by atoms with Gasteiger partial charge < -0.3 is 4.49 Å². The molecule has 0 unspecified atom stereocenters. The van der Waals surface area contributed by atoms with Crippen molar-refractivity contribution in [1.82, 2.24) is 0 Å². The third kappa shape index (κ3) is 0.779. The van der Waals surface area contributed by atoms with Gasteiger partial charge in [0, 0.05) is 12.1 Å². The predicted octanol–water partition coefficient (Wildman–Crippen LogP) is 0.897. The van der Waals surface area contributed by atoms with Crippen molar-refractivity contribution < 1.29 is 4.49 Å². The van der Waals surface area contributed by atoms with Crippen LogP contribution in [0.5, 0.6) is 0 Å². The van der Waals surface area contributed by atoms with Gasteiger partial charge >= 0.3 is 17.3 Å². The molecule has 0 N–H and O–H groups in total. The van der Waals surface area contributed by atoms with Gasteiger partial charge in [-0.15, -0.1) is 7.98 Å². The second-order valence-corrected chi connectivity index (χ2v) is 2.98. The Labute approximate surface area is 65.2 Å². The highest BCUT2D eigenvalue weighted by Gasteiger charge is 2.25. The molecule has 0 aliphatic carbocycles. The SMILES string of the molecule is [B-][N+]1=C[S+]c2ccccc21. The first kappa shape index (κ1) is 6.04. The summed E-state index contributed by atoms with van der Waals surface area (Å²) in [6.07, 6.45) is 0. The van der Waals surface area contributed by atoms with Gasteiger partial charge in [-0.05, 0) is 0 Å². The molecule has 0 bridgehead atoms. The van der Waals surface area contributed by atoms with Crippen LogP contribution in [-0.2, 0) is 11.8 Å². The molecule has 0 saturated carbocycles. The fraction of sp³-hybridized carbons (Fsp3) is 0. The van der Waals surface area contributed by atoms with Gasteiger partial charge in [-0.3, -0.25) is 0 Å². The molecule has 3 heteroatoms. The first-order chi connectivity index (χ1) is 4.88. The Kier molecular flexibility index (Phi) is 1.31. The minimum Gasteiger partial charge on any atom is -0.460 e. The lowest BCUT2D eigenvalue weighted by Crippen LogP contribution is -1.94. The Morgan fingerprint density at radius 3 is 2.90 bits per heavy atom. The predicted molar refractivity (Wildman–Crippen MR) is 43.8 cm³/mol. The second kappa shape index (κ2) is 2.17. The van der Waals surface area contributed by atoms with E-state index in [1.54, 1.807) is 16.2 Å². The number of hydrogen-bond donors (Lipinski definition) is 0. The Morgan fingerprint density at radius 1 is 1.30 bits per heavy atom. The molecule has 1 aromatic rings. The second-order valence-electron chi connectivity index (χ2n) is 2.10. The van der Waals surface area contributed by atoms with E-state index in [9.17, 15) is 0 Å². The zero-order valence-electron chi connectivity index (χ0n) is 5.32. The van der Waals surface area contributed by atoms with Crippen LogP contribution in [0.2, 0.25) is 0 Å². The molecule has 1 aliphatic rings. The monoisotopic (exact) mass is 146 g/mol. The maximum Gasteiger partial charge on any atom is 0.351 e. The maximum atomic E-state index is 5.60. The number of fused-ring (bicyclic) bond motifs is 1. The summed E-state index contributed by atoms with van der Waals surface area (Å²) in [5, 5.41) is 0. The summed E-state index contributed by atoms with van der Waals surface area (Å²) in [5.74, 6) is 0. The van der Waals surface area contributed by atoms with E-state index in [0.717, 1.165) is 5.69 Å². The topological polar surface area (TPSA) is 3.01 Å². The van der Waals surface area contributed by atoms with Crippen molar-refractivity contribution in [1.29, 1.82) is 0 Å².